The number of fused-ring (bicyclic) bond motifs is 1. The Labute approximate surface area is 132 Å². The fourth-order valence-electron chi connectivity index (χ4n) is 2.46. The van der Waals surface area contributed by atoms with E-state index in [1.54, 1.807) is 17.5 Å². The second kappa shape index (κ2) is 5.53. The molecule has 3 aromatic rings. The number of aromatic nitrogens is 3. The molecule has 22 heavy (non-hydrogen) atoms. The molecule has 0 atom stereocenters. The number of carbonyl (C=O) groups is 1. The molecule has 1 amide bonds. The van der Waals surface area contributed by atoms with Crippen molar-refractivity contribution < 1.29 is 4.79 Å². The van der Waals surface area contributed by atoms with Crippen LogP contribution in [0.25, 0.3) is 10.2 Å². The molecule has 6 heteroatoms. The van der Waals surface area contributed by atoms with Crippen molar-refractivity contribution in [2.75, 3.05) is 11.4 Å². The van der Waals surface area contributed by atoms with Gasteiger partial charge < -0.3 is 0 Å². The summed E-state index contributed by atoms with van der Waals surface area (Å²) in [5.41, 5.74) is 0.954. The van der Waals surface area contributed by atoms with Crippen molar-refractivity contribution in [1.82, 2.24) is 14.8 Å². The third kappa shape index (κ3) is 2.62. The number of para-hydroxylation sites is 1. The minimum atomic E-state index is 0.185. The van der Waals surface area contributed by atoms with Crippen LogP contribution in [0.5, 0.6) is 0 Å². The topological polar surface area (TPSA) is 51.0 Å². The molecule has 0 aliphatic heterocycles. The van der Waals surface area contributed by atoms with Crippen LogP contribution in [0.2, 0.25) is 0 Å². The van der Waals surface area contributed by atoms with Gasteiger partial charge in [-0.3, -0.25) is 14.4 Å². The van der Waals surface area contributed by atoms with E-state index in [1.807, 2.05) is 46.1 Å². The predicted octanol–water partition coefficient (Wildman–Crippen LogP) is 2.94. The quantitative estimate of drug-likeness (QED) is 0.728. The molecular formula is C16H16N4OS. The molecule has 0 saturated heterocycles. The molecule has 0 radical (unpaired) electrons. The van der Waals surface area contributed by atoms with Gasteiger partial charge in [-0.1, -0.05) is 23.5 Å². The van der Waals surface area contributed by atoms with Crippen molar-refractivity contribution in [3.63, 3.8) is 0 Å². The Hall–Kier alpha value is -2.21. The van der Waals surface area contributed by atoms with Crippen LogP contribution in [0.3, 0.4) is 0 Å². The first-order chi connectivity index (χ1) is 10.8. The van der Waals surface area contributed by atoms with Crippen LogP contribution < -0.4 is 4.90 Å². The summed E-state index contributed by atoms with van der Waals surface area (Å²) < 4.78 is 2.96. The van der Waals surface area contributed by atoms with E-state index in [1.165, 1.54) is 0 Å². The number of carbonyl (C=O) groups excluding carboxylic acids is 1. The highest BCUT2D eigenvalue weighted by Crippen LogP contribution is 2.35. The Morgan fingerprint density at radius 3 is 2.91 bits per heavy atom. The molecule has 0 spiro atoms. The van der Waals surface area contributed by atoms with Crippen molar-refractivity contribution in [1.29, 1.82) is 0 Å². The number of hydrogen-bond acceptors (Lipinski definition) is 4. The molecule has 4 rings (SSSR count). The van der Waals surface area contributed by atoms with E-state index in [4.69, 9.17) is 0 Å². The van der Waals surface area contributed by atoms with Crippen LogP contribution in [-0.4, -0.2) is 27.2 Å². The zero-order valence-electron chi connectivity index (χ0n) is 12.1. The highest BCUT2D eigenvalue weighted by Gasteiger charge is 2.35. The van der Waals surface area contributed by atoms with Crippen LogP contribution in [0.1, 0.15) is 12.8 Å². The van der Waals surface area contributed by atoms with Gasteiger partial charge in [0.2, 0.25) is 5.91 Å². The summed E-state index contributed by atoms with van der Waals surface area (Å²) in [6.07, 6.45) is 5.67. The van der Waals surface area contributed by atoms with Crippen molar-refractivity contribution in [2.45, 2.75) is 19.4 Å². The van der Waals surface area contributed by atoms with E-state index in [-0.39, 0.29) is 11.8 Å². The maximum atomic E-state index is 12.6. The number of hydrogen-bond donors (Lipinski definition) is 0. The van der Waals surface area contributed by atoms with Gasteiger partial charge in [-0.05, 0) is 31.0 Å². The zero-order valence-corrected chi connectivity index (χ0v) is 12.9. The molecule has 1 aliphatic rings. The molecule has 1 saturated carbocycles. The summed E-state index contributed by atoms with van der Waals surface area (Å²) in [6.45, 7) is 1.29. The Bertz CT molecular complexity index is 758. The molecule has 2 aromatic heterocycles. The van der Waals surface area contributed by atoms with Crippen LogP contribution >= 0.6 is 11.3 Å². The van der Waals surface area contributed by atoms with Gasteiger partial charge in [0.05, 0.1) is 16.8 Å². The van der Waals surface area contributed by atoms with E-state index in [0.29, 0.717) is 13.1 Å². The molecule has 1 aromatic carbocycles. The number of amides is 1. The number of thiazole rings is 1. The van der Waals surface area contributed by atoms with Gasteiger partial charge in [0, 0.05) is 24.9 Å². The average Bonchev–Trinajstić information content (AvgIpc) is 3.09. The lowest BCUT2D eigenvalue weighted by molar-refractivity contribution is -0.119. The summed E-state index contributed by atoms with van der Waals surface area (Å²) >= 11 is 1.58. The van der Waals surface area contributed by atoms with E-state index in [0.717, 1.165) is 28.2 Å². The maximum absolute atomic E-state index is 12.6. The molecule has 0 unspecified atom stereocenters. The lowest BCUT2D eigenvalue weighted by Gasteiger charge is -2.19. The van der Waals surface area contributed by atoms with Crippen LogP contribution in [0.4, 0.5) is 5.13 Å². The number of rotatable bonds is 5. The summed E-state index contributed by atoms with van der Waals surface area (Å²) in [5, 5.41) is 5.00. The molecule has 1 aliphatic carbocycles. The Morgan fingerprint density at radius 2 is 2.18 bits per heavy atom. The summed E-state index contributed by atoms with van der Waals surface area (Å²) in [4.78, 5) is 19.1. The number of benzene rings is 1. The monoisotopic (exact) mass is 312 g/mol. The van der Waals surface area contributed by atoms with Crippen LogP contribution in [0, 0.1) is 5.92 Å². The maximum Gasteiger partial charge on any atom is 0.231 e. The van der Waals surface area contributed by atoms with Gasteiger partial charge in [-0.2, -0.15) is 5.10 Å². The molecule has 112 valence electrons. The smallest absolute Gasteiger partial charge is 0.231 e. The molecule has 5 nitrogen and oxygen atoms in total. The average molecular weight is 312 g/mol. The highest BCUT2D eigenvalue weighted by molar-refractivity contribution is 7.22. The molecule has 2 heterocycles. The minimum Gasteiger partial charge on any atom is -0.286 e. The van der Waals surface area contributed by atoms with Gasteiger partial charge in [-0.25, -0.2) is 4.98 Å². The normalized spacial score (nSPS) is 14.4. The molecule has 1 fully saturated rings. The van der Waals surface area contributed by atoms with Gasteiger partial charge in [0.1, 0.15) is 0 Å². The van der Waals surface area contributed by atoms with Gasteiger partial charge in [0.25, 0.3) is 0 Å². The Morgan fingerprint density at radius 1 is 1.32 bits per heavy atom. The molecular weight excluding hydrogens is 296 g/mol. The second-order valence-electron chi connectivity index (χ2n) is 5.50. The number of nitrogens with zero attached hydrogens (tertiary/aromatic N) is 4. The highest BCUT2D eigenvalue weighted by atomic mass is 32.1. The van der Waals surface area contributed by atoms with Crippen molar-refractivity contribution in [3.8, 4) is 0 Å². The van der Waals surface area contributed by atoms with E-state index in [2.05, 4.69) is 10.1 Å². The summed E-state index contributed by atoms with van der Waals surface area (Å²) in [7, 11) is 0. The SMILES string of the molecule is O=C(C1CC1)N(CCn1cccn1)c1nc2ccccc2s1. The second-order valence-corrected chi connectivity index (χ2v) is 6.51. The summed E-state index contributed by atoms with van der Waals surface area (Å²) in [6, 6.07) is 9.90. The first kappa shape index (κ1) is 13.5. The number of anilines is 1. The van der Waals surface area contributed by atoms with Gasteiger partial charge >= 0.3 is 0 Å². The van der Waals surface area contributed by atoms with Gasteiger partial charge in [0.15, 0.2) is 5.13 Å². The molecule has 0 N–H and O–H groups in total. The lowest BCUT2D eigenvalue weighted by Crippen LogP contribution is -2.35. The predicted molar refractivity (Wildman–Crippen MR) is 86.9 cm³/mol. The van der Waals surface area contributed by atoms with Crippen LogP contribution in [0.15, 0.2) is 42.7 Å². The lowest BCUT2D eigenvalue weighted by atomic mass is 10.3. The minimum absolute atomic E-state index is 0.185. The fourth-order valence-corrected chi connectivity index (χ4v) is 3.46. The van der Waals surface area contributed by atoms with E-state index in [9.17, 15) is 4.79 Å². The van der Waals surface area contributed by atoms with E-state index >= 15 is 0 Å². The third-order valence-corrected chi connectivity index (χ3v) is 4.88. The van der Waals surface area contributed by atoms with Crippen molar-refractivity contribution >= 4 is 32.6 Å². The summed E-state index contributed by atoms with van der Waals surface area (Å²) in [5.74, 6) is 0.385. The van der Waals surface area contributed by atoms with Crippen molar-refractivity contribution in [2.24, 2.45) is 5.92 Å². The first-order valence-electron chi connectivity index (χ1n) is 7.45. The first-order valence-corrected chi connectivity index (χ1v) is 8.27. The zero-order chi connectivity index (χ0) is 14.9. The van der Waals surface area contributed by atoms with E-state index < -0.39 is 0 Å². The molecule has 0 bridgehead atoms. The third-order valence-electron chi connectivity index (χ3n) is 3.82. The fraction of sp³-hybridized carbons (Fsp3) is 0.312. The van der Waals surface area contributed by atoms with Gasteiger partial charge in [-0.15, -0.1) is 0 Å². The Balaban J connectivity index is 1.61. The Kier molecular flexibility index (Phi) is 3.38. The van der Waals surface area contributed by atoms with Crippen molar-refractivity contribution in [3.05, 3.63) is 42.7 Å². The van der Waals surface area contributed by atoms with Crippen LogP contribution in [-0.2, 0) is 11.3 Å². The largest absolute Gasteiger partial charge is 0.286 e. The standard InChI is InChI=1S/C16H16N4OS/c21-15(12-6-7-12)20(11-10-19-9-3-8-17-19)16-18-13-4-1-2-5-14(13)22-16/h1-5,8-9,12H,6-7,10-11H2.